The molecule has 0 aromatic heterocycles. The van der Waals surface area contributed by atoms with Gasteiger partial charge in [0.05, 0.1) is 4.90 Å². The molecule has 0 radical (unpaired) electrons. The normalized spacial score (nSPS) is 13.4. The van der Waals surface area contributed by atoms with E-state index in [-0.39, 0.29) is 10.5 Å². The van der Waals surface area contributed by atoms with Gasteiger partial charge in [-0.25, -0.2) is 8.42 Å². The molecule has 0 bridgehead atoms. The van der Waals surface area contributed by atoms with Crippen LogP contribution in [0.25, 0.3) is 0 Å². The third-order valence-electron chi connectivity index (χ3n) is 2.58. The van der Waals surface area contributed by atoms with E-state index in [1.165, 1.54) is 0 Å². The van der Waals surface area contributed by atoms with Gasteiger partial charge in [0.1, 0.15) is 12.6 Å². The van der Waals surface area contributed by atoms with Crippen LogP contribution in [-0.2, 0) is 14.8 Å². The molecule has 1 aromatic carbocycles. The lowest BCUT2D eigenvalue weighted by Gasteiger charge is -2.11. The summed E-state index contributed by atoms with van der Waals surface area (Å²) in [5.41, 5.74) is -0.167. The first-order valence-corrected chi connectivity index (χ1v) is 7.61. The molecule has 0 spiro atoms. The van der Waals surface area contributed by atoms with Crippen LogP contribution in [0.3, 0.4) is 0 Å². The van der Waals surface area contributed by atoms with Gasteiger partial charge in [-0.3, -0.25) is 9.59 Å². The maximum atomic E-state index is 12.0. The van der Waals surface area contributed by atoms with Crippen molar-refractivity contribution in [3.63, 3.8) is 0 Å². The minimum Gasteiger partial charge on any atom is -0.480 e. The first-order valence-electron chi connectivity index (χ1n) is 6.12. The van der Waals surface area contributed by atoms with E-state index in [9.17, 15) is 31.2 Å². The fraction of sp³-hybridized carbons (Fsp3) is 0.333. The fourth-order valence-corrected chi connectivity index (χ4v) is 2.62. The second-order valence-corrected chi connectivity index (χ2v) is 6.22. The summed E-state index contributed by atoms with van der Waals surface area (Å²) in [6.07, 6.45) is -4.56. The topological polar surface area (TPSA) is 113 Å². The molecule has 1 aromatic rings. The largest absolute Gasteiger partial charge is 0.480 e. The number of nitrogens with one attached hydrogen (secondary N) is 2. The molecule has 0 aliphatic heterocycles. The maximum absolute atomic E-state index is 12.0. The second-order valence-electron chi connectivity index (χ2n) is 4.50. The number of carboxylic acids is 1. The number of amides is 1. The van der Waals surface area contributed by atoms with Crippen LogP contribution in [0.4, 0.5) is 13.2 Å². The molecule has 1 rings (SSSR count). The average Bonchev–Trinajstić information content (AvgIpc) is 2.43. The molecule has 1 atom stereocenters. The van der Waals surface area contributed by atoms with Crippen LogP contribution in [0, 0.1) is 0 Å². The zero-order valence-corrected chi connectivity index (χ0v) is 12.5. The predicted molar refractivity (Wildman–Crippen MR) is 72.2 cm³/mol. The summed E-state index contributed by atoms with van der Waals surface area (Å²) in [5.74, 6) is -2.39. The van der Waals surface area contributed by atoms with Gasteiger partial charge >= 0.3 is 12.1 Å². The van der Waals surface area contributed by atoms with Crippen molar-refractivity contribution in [1.29, 1.82) is 0 Å². The van der Waals surface area contributed by atoms with Gasteiger partial charge < -0.3 is 10.4 Å². The molecule has 0 fully saturated rings. The standard InChI is InChI=1S/C12H13F3N2O5S/c1-7(11(19)20)17-23(21,22)9-4-2-8(3-5-9)10(18)16-6-12(13,14)15/h2-5,7,17H,6H2,1H3,(H,16,18)(H,19,20)/t7-/m1/s1. The number of hydrogen-bond donors (Lipinski definition) is 3. The van der Waals surface area contributed by atoms with Gasteiger partial charge in [-0.15, -0.1) is 0 Å². The Morgan fingerprint density at radius 1 is 1.22 bits per heavy atom. The lowest BCUT2D eigenvalue weighted by molar-refractivity contribution is -0.138. The van der Waals surface area contributed by atoms with Crippen LogP contribution in [-0.4, -0.2) is 44.2 Å². The Hall–Kier alpha value is -2.14. The Balaban J connectivity index is 2.84. The Morgan fingerprint density at radius 2 is 1.74 bits per heavy atom. The summed E-state index contributed by atoms with van der Waals surface area (Å²) in [4.78, 5) is 21.8. The Labute approximate surface area is 129 Å². The molecule has 0 heterocycles. The third-order valence-corrected chi connectivity index (χ3v) is 4.14. The number of carboxylic acid groups (broad SMARTS) is 1. The van der Waals surface area contributed by atoms with E-state index >= 15 is 0 Å². The van der Waals surface area contributed by atoms with Gasteiger partial charge in [0.2, 0.25) is 10.0 Å². The van der Waals surface area contributed by atoms with Crippen molar-refractivity contribution < 1.29 is 36.3 Å². The first kappa shape index (κ1) is 18.9. The van der Waals surface area contributed by atoms with Crippen molar-refractivity contribution in [1.82, 2.24) is 10.0 Å². The van der Waals surface area contributed by atoms with E-state index in [0.29, 0.717) is 0 Å². The molecule has 11 heteroatoms. The van der Waals surface area contributed by atoms with Crippen molar-refractivity contribution in [3.05, 3.63) is 29.8 Å². The average molecular weight is 354 g/mol. The van der Waals surface area contributed by atoms with Crippen molar-refractivity contribution >= 4 is 21.9 Å². The van der Waals surface area contributed by atoms with Gasteiger partial charge in [0.25, 0.3) is 5.91 Å². The molecule has 3 N–H and O–H groups in total. The molecule has 0 unspecified atom stereocenters. The number of hydrogen-bond acceptors (Lipinski definition) is 4. The van der Waals surface area contributed by atoms with E-state index in [1.54, 1.807) is 5.32 Å². The number of carbonyl (C=O) groups excluding carboxylic acids is 1. The number of aliphatic carboxylic acids is 1. The summed E-state index contributed by atoms with van der Waals surface area (Å²) in [7, 11) is -4.13. The summed E-state index contributed by atoms with van der Waals surface area (Å²) < 4.78 is 61.6. The summed E-state index contributed by atoms with van der Waals surface area (Å²) in [6, 6.07) is 2.64. The lowest BCUT2D eigenvalue weighted by atomic mass is 10.2. The first-order chi connectivity index (χ1) is 10.4. The Morgan fingerprint density at radius 3 is 2.17 bits per heavy atom. The quantitative estimate of drug-likeness (QED) is 0.697. The smallest absolute Gasteiger partial charge is 0.405 e. The van der Waals surface area contributed by atoms with E-state index in [0.717, 1.165) is 31.2 Å². The van der Waals surface area contributed by atoms with Gasteiger partial charge in [-0.1, -0.05) is 0 Å². The molecule has 0 aliphatic rings. The van der Waals surface area contributed by atoms with Crippen molar-refractivity contribution in [2.24, 2.45) is 0 Å². The second kappa shape index (κ2) is 6.96. The molecule has 0 aliphatic carbocycles. The zero-order chi connectivity index (χ0) is 17.8. The van der Waals surface area contributed by atoms with E-state index in [1.807, 2.05) is 4.72 Å². The Kier molecular flexibility index (Phi) is 5.72. The zero-order valence-electron chi connectivity index (χ0n) is 11.7. The van der Waals surface area contributed by atoms with Crippen molar-refractivity contribution in [3.8, 4) is 0 Å². The van der Waals surface area contributed by atoms with Crippen LogP contribution >= 0.6 is 0 Å². The lowest BCUT2D eigenvalue weighted by Crippen LogP contribution is -2.38. The van der Waals surface area contributed by atoms with Gasteiger partial charge in [-0.05, 0) is 31.2 Å². The van der Waals surface area contributed by atoms with Crippen LogP contribution in [0.2, 0.25) is 0 Å². The third kappa shape index (κ3) is 5.87. The van der Waals surface area contributed by atoms with E-state index in [2.05, 4.69) is 0 Å². The monoisotopic (exact) mass is 354 g/mol. The number of benzene rings is 1. The number of sulfonamides is 1. The molecule has 0 saturated heterocycles. The van der Waals surface area contributed by atoms with Crippen LogP contribution < -0.4 is 10.0 Å². The number of rotatable bonds is 6. The highest BCUT2D eigenvalue weighted by molar-refractivity contribution is 7.89. The minimum atomic E-state index is -4.56. The molecular formula is C12H13F3N2O5S. The van der Waals surface area contributed by atoms with Crippen LogP contribution in [0.5, 0.6) is 0 Å². The highest BCUT2D eigenvalue weighted by atomic mass is 32.2. The van der Waals surface area contributed by atoms with Crippen LogP contribution in [0.15, 0.2) is 29.2 Å². The van der Waals surface area contributed by atoms with Gasteiger partial charge in [-0.2, -0.15) is 17.9 Å². The van der Waals surface area contributed by atoms with E-state index in [4.69, 9.17) is 5.11 Å². The maximum Gasteiger partial charge on any atom is 0.405 e. The van der Waals surface area contributed by atoms with Crippen molar-refractivity contribution in [2.75, 3.05) is 6.54 Å². The molecule has 7 nitrogen and oxygen atoms in total. The molecule has 128 valence electrons. The summed E-state index contributed by atoms with van der Waals surface area (Å²) in [6.45, 7) is -0.387. The minimum absolute atomic E-state index is 0.167. The number of alkyl halides is 3. The molecule has 23 heavy (non-hydrogen) atoms. The fourth-order valence-electron chi connectivity index (χ4n) is 1.42. The molecular weight excluding hydrogens is 341 g/mol. The SMILES string of the molecule is C[C@@H](NS(=O)(=O)c1ccc(C(=O)NCC(F)(F)F)cc1)C(=O)O. The summed E-state index contributed by atoms with van der Waals surface area (Å²) >= 11 is 0. The van der Waals surface area contributed by atoms with Gasteiger partial charge in [0, 0.05) is 5.56 Å². The predicted octanol–water partition coefficient (Wildman–Crippen LogP) is 0.730. The number of carbonyl (C=O) groups is 2. The van der Waals surface area contributed by atoms with Crippen molar-refractivity contribution in [2.45, 2.75) is 24.0 Å². The summed E-state index contributed by atoms with van der Waals surface area (Å²) in [5, 5.41) is 10.3. The van der Waals surface area contributed by atoms with Gasteiger partial charge in [0.15, 0.2) is 0 Å². The number of halogens is 3. The highest BCUT2D eigenvalue weighted by Crippen LogP contribution is 2.14. The van der Waals surface area contributed by atoms with Crippen LogP contribution in [0.1, 0.15) is 17.3 Å². The molecule has 0 saturated carbocycles. The van der Waals surface area contributed by atoms with E-state index < -0.39 is 40.7 Å². The highest BCUT2D eigenvalue weighted by Gasteiger charge is 2.28. The Bertz CT molecular complexity index is 686. The molecule has 1 amide bonds.